The molecule has 0 fully saturated rings. The van der Waals surface area contributed by atoms with Gasteiger partial charge in [-0.05, 0) is 25.2 Å². The molecule has 0 rings (SSSR count). The van der Waals surface area contributed by atoms with Crippen LogP contribution >= 0.6 is 0 Å². The first-order valence-corrected chi connectivity index (χ1v) is 4.93. The summed E-state index contributed by atoms with van der Waals surface area (Å²) in [6.07, 6.45) is 4.22. The van der Waals surface area contributed by atoms with Crippen molar-refractivity contribution in [2.24, 2.45) is 5.92 Å². The van der Waals surface area contributed by atoms with Crippen molar-refractivity contribution >= 4 is 5.97 Å². The van der Waals surface area contributed by atoms with E-state index in [1.165, 1.54) is 6.08 Å². The molecule has 2 nitrogen and oxygen atoms in total. The molecule has 0 aliphatic heterocycles. The third kappa shape index (κ3) is 6.38. The number of carbonyl (C=O) groups excluding carboxylic acids is 1. The zero-order chi connectivity index (χ0) is 10.3. The van der Waals surface area contributed by atoms with Crippen molar-refractivity contribution in [3.05, 3.63) is 12.7 Å². The minimum absolute atomic E-state index is 0.0629. The highest BCUT2D eigenvalue weighted by Gasteiger charge is 2.10. The molecule has 0 aromatic rings. The van der Waals surface area contributed by atoms with E-state index in [1.807, 2.05) is 6.92 Å². The van der Waals surface area contributed by atoms with Crippen LogP contribution in [0.1, 0.15) is 40.0 Å². The first-order chi connectivity index (χ1) is 6.10. The highest BCUT2D eigenvalue weighted by atomic mass is 16.5. The van der Waals surface area contributed by atoms with E-state index < -0.39 is 0 Å². The molecule has 1 atom stereocenters. The second kappa shape index (κ2) is 6.70. The average molecular weight is 184 g/mol. The molecule has 0 aliphatic carbocycles. The maximum absolute atomic E-state index is 10.9. The topological polar surface area (TPSA) is 26.3 Å². The lowest BCUT2D eigenvalue weighted by Crippen LogP contribution is -2.16. The Bertz CT molecular complexity index is 161. The number of esters is 1. The van der Waals surface area contributed by atoms with E-state index in [0.717, 1.165) is 19.3 Å². The highest BCUT2D eigenvalue weighted by molar-refractivity contribution is 5.81. The van der Waals surface area contributed by atoms with Crippen LogP contribution in [0.15, 0.2) is 12.7 Å². The maximum atomic E-state index is 10.9. The van der Waals surface area contributed by atoms with Gasteiger partial charge in [0.15, 0.2) is 0 Å². The van der Waals surface area contributed by atoms with Gasteiger partial charge in [0.05, 0.1) is 0 Å². The predicted octanol–water partition coefficient (Wildman–Crippen LogP) is 2.93. The Morgan fingerprint density at radius 1 is 1.46 bits per heavy atom. The van der Waals surface area contributed by atoms with E-state index in [1.54, 1.807) is 0 Å². The molecule has 0 spiro atoms. The summed E-state index contributed by atoms with van der Waals surface area (Å²) in [6, 6.07) is 0. The molecule has 76 valence electrons. The molecule has 0 radical (unpaired) electrons. The fourth-order valence-corrected chi connectivity index (χ4v) is 1.08. The Labute approximate surface area is 81.0 Å². The molecule has 0 bridgehead atoms. The van der Waals surface area contributed by atoms with E-state index in [9.17, 15) is 4.79 Å². The normalized spacial score (nSPS) is 12.6. The highest BCUT2D eigenvalue weighted by Crippen LogP contribution is 2.12. The molecular formula is C11H20O2. The Morgan fingerprint density at radius 2 is 2.08 bits per heavy atom. The third-order valence-electron chi connectivity index (χ3n) is 1.97. The first-order valence-electron chi connectivity index (χ1n) is 4.93. The molecule has 1 unspecified atom stereocenters. The number of carbonyl (C=O) groups is 1. The summed E-state index contributed by atoms with van der Waals surface area (Å²) in [5.41, 5.74) is 0. The van der Waals surface area contributed by atoms with Crippen LogP contribution in [0.4, 0.5) is 0 Å². The van der Waals surface area contributed by atoms with Crippen molar-refractivity contribution in [3.63, 3.8) is 0 Å². The second-order valence-electron chi connectivity index (χ2n) is 3.64. The van der Waals surface area contributed by atoms with Crippen molar-refractivity contribution in [2.45, 2.75) is 46.1 Å². The van der Waals surface area contributed by atoms with Gasteiger partial charge in [-0.25, -0.2) is 4.79 Å². The number of rotatable bonds is 6. The number of ether oxygens (including phenoxy) is 1. The van der Waals surface area contributed by atoms with Crippen LogP contribution in [0.2, 0.25) is 0 Å². The molecule has 0 amide bonds. The summed E-state index contributed by atoms with van der Waals surface area (Å²) in [4.78, 5) is 10.9. The van der Waals surface area contributed by atoms with Gasteiger partial charge in [-0.1, -0.05) is 27.4 Å². The summed E-state index contributed by atoms with van der Waals surface area (Å²) in [6.45, 7) is 9.74. The van der Waals surface area contributed by atoms with Gasteiger partial charge in [-0.3, -0.25) is 0 Å². The third-order valence-corrected chi connectivity index (χ3v) is 1.97. The largest absolute Gasteiger partial charge is 0.459 e. The van der Waals surface area contributed by atoms with Crippen LogP contribution in [0.5, 0.6) is 0 Å². The average Bonchev–Trinajstić information content (AvgIpc) is 2.11. The van der Waals surface area contributed by atoms with Crippen molar-refractivity contribution in [3.8, 4) is 0 Å². The van der Waals surface area contributed by atoms with Crippen LogP contribution in [0.3, 0.4) is 0 Å². The standard InChI is InChI=1S/C11H20O2/c1-5-10(8-7-9(3)4)13-11(12)6-2/h6,9-10H,2,5,7-8H2,1,3-4H3. The van der Waals surface area contributed by atoms with Gasteiger partial charge >= 0.3 is 5.97 Å². The molecule has 0 heterocycles. The van der Waals surface area contributed by atoms with Gasteiger partial charge in [0, 0.05) is 6.08 Å². The van der Waals surface area contributed by atoms with E-state index in [2.05, 4.69) is 20.4 Å². The van der Waals surface area contributed by atoms with Gasteiger partial charge < -0.3 is 4.74 Å². The summed E-state index contributed by atoms with van der Waals surface area (Å²) in [7, 11) is 0. The lowest BCUT2D eigenvalue weighted by molar-refractivity contribution is -0.143. The summed E-state index contributed by atoms with van der Waals surface area (Å²) in [5.74, 6) is 0.354. The van der Waals surface area contributed by atoms with Crippen LogP contribution in [-0.2, 0) is 9.53 Å². The Morgan fingerprint density at radius 3 is 2.46 bits per heavy atom. The summed E-state index contributed by atoms with van der Waals surface area (Å²) in [5, 5.41) is 0. The van der Waals surface area contributed by atoms with E-state index in [4.69, 9.17) is 4.74 Å². The number of hydrogen-bond acceptors (Lipinski definition) is 2. The van der Waals surface area contributed by atoms with Gasteiger partial charge in [-0.2, -0.15) is 0 Å². The summed E-state index contributed by atoms with van der Waals surface area (Å²) < 4.78 is 5.14. The minimum Gasteiger partial charge on any atom is -0.459 e. The quantitative estimate of drug-likeness (QED) is 0.468. The SMILES string of the molecule is C=CC(=O)OC(CC)CCC(C)C. The number of hydrogen-bond donors (Lipinski definition) is 0. The molecule has 13 heavy (non-hydrogen) atoms. The fraction of sp³-hybridized carbons (Fsp3) is 0.727. The van der Waals surface area contributed by atoms with Crippen LogP contribution in [0, 0.1) is 5.92 Å². The fourth-order valence-electron chi connectivity index (χ4n) is 1.08. The van der Waals surface area contributed by atoms with E-state index in [-0.39, 0.29) is 12.1 Å². The molecular weight excluding hydrogens is 164 g/mol. The van der Waals surface area contributed by atoms with Crippen LogP contribution < -0.4 is 0 Å². The van der Waals surface area contributed by atoms with Gasteiger partial charge in [0.1, 0.15) is 6.10 Å². The Kier molecular flexibility index (Phi) is 6.29. The molecule has 0 N–H and O–H groups in total. The van der Waals surface area contributed by atoms with Crippen LogP contribution in [0.25, 0.3) is 0 Å². The molecule has 0 aliphatic rings. The molecule has 0 saturated carbocycles. The molecule has 0 aromatic heterocycles. The van der Waals surface area contributed by atoms with Crippen LogP contribution in [-0.4, -0.2) is 12.1 Å². The summed E-state index contributed by atoms with van der Waals surface area (Å²) >= 11 is 0. The van der Waals surface area contributed by atoms with Gasteiger partial charge in [0.25, 0.3) is 0 Å². The van der Waals surface area contributed by atoms with Crippen molar-refractivity contribution in [2.75, 3.05) is 0 Å². The zero-order valence-electron chi connectivity index (χ0n) is 8.88. The molecule has 0 aromatic carbocycles. The predicted molar refractivity (Wildman–Crippen MR) is 54.4 cm³/mol. The minimum atomic E-state index is -0.310. The van der Waals surface area contributed by atoms with E-state index >= 15 is 0 Å². The maximum Gasteiger partial charge on any atom is 0.330 e. The molecule has 0 saturated heterocycles. The van der Waals surface area contributed by atoms with Crippen molar-refractivity contribution in [1.82, 2.24) is 0 Å². The smallest absolute Gasteiger partial charge is 0.330 e. The Hall–Kier alpha value is -0.790. The van der Waals surface area contributed by atoms with Gasteiger partial charge in [-0.15, -0.1) is 0 Å². The first kappa shape index (κ1) is 12.2. The molecule has 2 heteroatoms. The Balaban J connectivity index is 3.75. The second-order valence-corrected chi connectivity index (χ2v) is 3.64. The lowest BCUT2D eigenvalue weighted by atomic mass is 10.0. The lowest BCUT2D eigenvalue weighted by Gasteiger charge is -2.15. The van der Waals surface area contributed by atoms with E-state index in [0.29, 0.717) is 5.92 Å². The van der Waals surface area contributed by atoms with Crippen molar-refractivity contribution in [1.29, 1.82) is 0 Å². The monoisotopic (exact) mass is 184 g/mol. The van der Waals surface area contributed by atoms with Crippen molar-refractivity contribution < 1.29 is 9.53 Å². The zero-order valence-corrected chi connectivity index (χ0v) is 8.88. The van der Waals surface area contributed by atoms with Gasteiger partial charge in [0.2, 0.25) is 0 Å².